The van der Waals surface area contributed by atoms with E-state index in [1.807, 2.05) is 0 Å². The molecule has 0 aliphatic heterocycles. The molecule has 4 aliphatic rings. The Labute approximate surface area is 295 Å². The first-order chi connectivity index (χ1) is 19.7. The fourth-order valence-corrected chi connectivity index (χ4v) is 8.55. The van der Waals surface area contributed by atoms with E-state index in [1.165, 1.54) is 98.2 Å². The van der Waals surface area contributed by atoms with Crippen LogP contribution in [0.15, 0.2) is 59.7 Å². The second-order valence-corrected chi connectivity index (χ2v) is 16.4. The molecular formula is C41H50Cl2Zr-2. The van der Waals surface area contributed by atoms with Crippen LogP contribution in [0.3, 0.4) is 0 Å². The third kappa shape index (κ3) is 7.43. The number of hydrogen-bond acceptors (Lipinski definition) is 0. The van der Waals surface area contributed by atoms with Gasteiger partial charge in [-0.1, -0.05) is 103 Å². The summed E-state index contributed by atoms with van der Waals surface area (Å²) < 4.78 is 1.80. The standard InChI is InChI=1S/C25H25.C10H15.C6H10.2ClH.Zr/c1-14-12-24(3,4)22-8-16-7-17-9-23-19(15(2)13-25(23,5)6)11-21(17)20(16)10-18(14)22;1-7(2)10-6-8(3)5-9(10)4;1-2-4-6-5-3-1;;;/h7-13H,1-6H3;6-8H,1-4H3;1-5H2;2*1H;/q2*-1;;;;+2/p-2. The van der Waals surface area contributed by atoms with E-state index in [0.29, 0.717) is 11.8 Å². The van der Waals surface area contributed by atoms with Gasteiger partial charge in [0, 0.05) is 10.8 Å². The van der Waals surface area contributed by atoms with Gasteiger partial charge in [0.15, 0.2) is 0 Å². The van der Waals surface area contributed by atoms with Crippen molar-refractivity contribution in [1.82, 2.24) is 0 Å². The van der Waals surface area contributed by atoms with Gasteiger partial charge in [-0.25, -0.2) is 5.57 Å². The average molecular weight is 705 g/mol. The molecule has 3 aromatic carbocycles. The topological polar surface area (TPSA) is 0 Å². The number of benzene rings is 2. The van der Waals surface area contributed by atoms with Gasteiger partial charge in [0.25, 0.3) is 0 Å². The number of halogens is 2. The van der Waals surface area contributed by atoms with Gasteiger partial charge < -0.3 is 24.8 Å². The molecule has 0 radical (unpaired) electrons. The van der Waals surface area contributed by atoms with Crippen LogP contribution in [-0.2, 0) is 35.1 Å². The first-order valence-corrected chi connectivity index (χ1v) is 17.4. The van der Waals surface area contributed by atoms with Crippen LogP contribution < -0.4 is 24.8 Å². The van der Waals surface area contributed by atoms with Crippen LogP contribution in [-0.4, -0.2) is 3.21 Å². The van der Waals surface area contributed by atoms with Crippen LogP contribution in [0.4, 0.5) is 0 Å². The summed E-state index contributed by atoms with van der Waals surface area (Å²) in [6, 6.07) is 12.1. The van der Waals surface area contributed by atoms with Crippen molar-refractivity contribution < 1.29 is 49.0 Å². The van der Waals surface area contributed by atoms with E-state index in [9.17, 15) is 0 Å². The molecule has 0 spiro atoms. The summed E-state index contributed by atoms with van der Waals surface area (Å²) in [5, 5.41) is 5.57. The van der Waals surface area contributed by atoms with Crippen molar-refractivity contribution in [1.29, 1.82) is 0 Å². The summed E-state index contributed by atoms with van der Waals surface area (Å²) in [4.78, 5) is 0. The van der Waals surface area contributed by atoms with E-state index >= 15 is 0 Å². The Hall–Kier alpha value is -1.40. The number of rotatable bonds is 1. The Morgan fingerprint density at radius 2 is 1.23 bits per heavy atom. The SMILES string of the molecule is CC1=CC(C)(C)c2cc3[cH-]c4cc5c(cc4c3cc21)C(C)=CC5(C)C.CC1=[C-]C(C)C=C1C(C)C.[Cl-].[Cl-].[Zr+2]=[C]1CCCCC1. The summed E-state index contributed by atoms with van der Waals surface area (Å²) in [6.45, 7) is 22.6. The average Bonchev–Trinajstić information content (AvgIpc) is 3.57. The molecule has 1 saturated carbocycles. The molecule has 0 bridgehead atoms. The zero-order chi connectivity index (χ0) is 30.6. The Kier molecular flexibility index (Phi) is 11.9. The van der Waals surface area contributed by atoms with Crippen molar-refractivity contribution in [2.75, 3.05) is 0 Å². The Balaban J connectivity index is 0.000000231. The third-order valence-corrected chi connectivity index (χ3v) is 11.0. The van der Waals surface area contributed by atoms with Crippen LogP contribution >= 0.6 is 0 Å². The molecule has 0 saturated heterocycles. The second kappa shape index (κ2) is 14.2. The normalized spacial score (nSPS) is 20.7. The van der Waals surface area contributed by atoms with Crippen LogP contribution in [0.1, 0.15) is 124 Å². The maximum absolute atomic E-state index is 3.37. The van der Waals surface area contributed by atoms with E-state index in [-0.39, 0.29) is 35.6 Å². The van der Waals surface area contributed by atoms with Gasteiger partial charge in [0.2, 0.25) is 0 Å². The summed E-state index contributed by atoms with van der Waals surface area (Å²) in [7, 11) is 0. The van der Waals surface area contributed by atoms with E-state index in [1.54, 1.807) is 27.4 Å². The zero-order valence-electron chi connectivity index (χ0n) is 28.6. The van der Waals surface area contributed by atoms with Gasteiger partial charge >= 0.3 is 59.5 Å². The molecule has 0 nitrogen and oxygen atoms in total. The molecule has 1 atom stereocenters. The molecule has 1 unspecified atom stereocenters. The molecule has 4 aliphatic carbocycles. The van der Waals surface area contributed by atoms with Gasteiger partial charge in [-0.15, -0.1) is 39.7 Å². The summed E-state index contributed by atoms with van der Waals surface area (Å²) in [5.74, 6) is 1.20. The fraction of sp³-hybridized carbons (Fsp3) is 0.463. The maximum atomic E-state index is 3.37. The zero-order valence-corrected chi connectivity index (χ0v) is 32.5. The van der Waals surface area contributed by atoms with E-state index in [4.69, 9.17) is 0 Å². The van der Waals surface area contributed by atoms with E-state index in [2.05, 4.69) is 124 Å². The van der Waals surface area contributed by atoms with Crippen molar-refractivity contribution >= 4 is 35.9 Å². The van der Waals surface area contributed by atoms with Crippen molar-refractivity contribution in [2.24, 2.45) is 11.8 Å². The van der Waals surface area contributed by atoms with Crippen LogP contribution in [0.25, 0.3) is 32.7 Å². The Morgan fingerprint density at radius 3 is 1.55 bits per heavy atom. The van der Waals surface area contributed by atoms with Gasteiger partial charge in [0.05, 0.1) is 0 Å². The minimum atomic E-state index is 0. The van der Waals surface area contributed by atoms with Crippen molar-refractivity contribution in [2.45, 2.75) is 112 Å². The van der Waals surface area contributed by atoms with Crippen molar-refractivity contribution in [3.8, 4) is 0 Å². The Bertz CT molecular complexity index is 1580. The molecule has 234 valence electrons. The van der Waals surface area contributed by atoms with Gasteiger partial charge in [-0.2, -0.15) is 11.6 Å². The Morgan fingerprint density at radius 1 is 0.773 bits per heavy atom. The number of fused-ring (bicyclic) bond motifs is 5. The molecule has 1 fully saturated rings. The molecule has 0 amide bonds. The van der Waals surface area contributed by atoms with E-state index < -0.39 is 0 Å². The van der Waals surface area contributed by atoms with Crippen LogP contribution in [0.5, 0.6) is 0 Å². The monoisotopic (exact) mass is 702 g/mol. The quantitative estimate of drug-likeness (QED) is 0.284. The summed E-state index contributed by atoms with van der Waals surface area (Å²) in [6.07, 6.45) is 17.8. The molecule has 7 rings (SSSR count). The number of allylic oxidation sites excluding steroid dienone is 8. The second-order valence-electron chi connectivity index (χ2n) is 14.7. The predicted molar refractivity (Wildman–Crippen MR) is 183 cm³/mol. The molecular weight excluding hydrogens is 655 g/mol. The van der Waals surface area contributed by atoms with Crippen LogP contribution in [0.2, 0.25) is 0 Å². The molecule has 0 N–H and O–H groups in total. The van der Waals surface area contributed by atoms with E-state index in [0.717, 1.165) is 0 Å². The third-order valence-electron chi connectivity index (χ3n) is 9.76. The number of hydrogen-bond donors (Lipinski definition) is 0. The predicted octanol–water partition coefficient (Wildman–Crippen LogP) is 5.75. The van der Waals surface area contributed by atoms with Gasteiger partial charge in [-0.05, 0) is 36.1 Å². The molecule has 0 heterocycles. The molecule has 0 aromatic heterocycles. The van der Waals surface area contributed by atoms with Crippen molar-refractivity contribution in [3.05, 3.63) is 88.0 Å². The van der Waals surface area contributed by atoms with Crippen molar-refractivity contribution in [3.63, 3.8) is 0 Å². The first-order valence-electron chi connectivity index (χ1n) is 16.2. The van der Waals surface area contributed by atoms with Gasteiger partial charge in [-0.3, -0.25) is 6.08 Å². The minimum absolute atomic E-state index is 0. The molecule has 44 heavy (non-hydrogen) atoms. The fourth-order valence-electron chi connectivity index (χ4n) is 7.68. The first kappa shape index (κ1) is 37.1. The van der Waals surface area contributed by atoms with Crippen LogP contribution in [0, 0.1) is 17.9 Å². The molecule has 3 aromatic rings. The summed E-state index contributed by atoms with van der Waals surface area (Å²) in [5.41, 5.74) is 11.7. The molecule has 3 heteroatoms. The summed E-state index contributed by atoms with van der Waals surface area (Å²) >= 11 is 1.69. The van der Waals surface area contributed by atoms with Gasteiger partial charge in [0.1, 0.15) is 0 Å².